The Bertz CT molecular complexity index is 5690. The van der Waals surface area contributed by atoms with Gasteiger partial charge in [-0.25, -0.2) is 0 Å². The number of para-hydroxylation sites is 3. The molecule has 13 aromatic carbocycles. The molecule has 0 atom stereocenters. The van der Waals surface area contributed by atoms with Crippen molar-refractivity contribution in [3.8, 4) is 72.4 Å². The minimum Gasteiger partial charge on any atom is -0.456 e. The van der Waals surface area contributed by atoms with Gasteiger partial charge in [0.1, 0.15) is 11.2 Å². The lowest BCUT2D eigenvalue weighted by Crippen LogP contribution is -2.58. The van der Waals surface area contributed by atoms with Crippen molar-refractivity contribution in [2.75, 3.05) is 5.32 Å². The number of hydrogen-bond donors (Lipinski definition) is 1. The summed E-state index contributed by atoms with van der Waals surface area (Å²) in [5.74, 6) is 0. The third-order valence-electron chi connectivity index (χ3n) is 17.1. The first-order valence-electron chi connectivity index (χ1n) is 32.1. The number of aromatic nitrogens is 1. The van der Waals surface area contributed by atoms with Gasteiger partial charge in [-0.1, -0.05) is 242 Å². The topological polar surface area (TPSA) is 30.1 Å². The molecule has 16 aromatic rings. The number of benzene rings is 13. The van der Waals surface area contributed by atoms with Crippen LogP contribution >= 0.6 is 23.1 Å². The standard InChI is InChI=1S/C78H47BN2OS2/c1-3-17-47(18-4-1)49-33-37-51(38-34-49)55-25-15-26-56(52-39-35-50(36-40-52)48-19-5-2-6-20-48)73(55)62-43-53(57-27-16-31-69-74(57)60-23-9-13-30-68(60)82-69)44-64-77(62)80-65-45-54(81-66-28-11-7-21-58(66)59-22-8-12-29-67(59)81)46-72-76(65)79(64)63-41-42-71-75(78(63)84-72)61-24-10-14-32-70(61)83-71/h1-46,80H/i7D,8D,11D,12D,21D,22D,28D,29D. The molecular weight excluding hydrogens is 1060 g/mol. The van der Waals surface area contributed by atoms with E-state index >= 15 is 0 Å². The summed E-state index contributed by atoms with van der Waals surface area (Å²) in [5.41, 5.74) is 19.5. The summed E-state index contributed by atoms with van der Waals surface area (Å²) in [5, 5.41) is 8.51. The normalized spacial score (nSPS) is 13.9. The number of anilines is 2. The fraction of sp³-hybridized carbons (Fsp3) is 0. The SMILES string of the molecule is [2H]c1c([2H])c([2H])c2c(c1[2H])c1c([2H])c([2H])c([2H])c([2H])c1n2-c1cc2c3c(c1)Sc1c(ccc4sc5ccccc5c14)B3c1cc(-c3cccc4oc5ccccc5c34)cc(-c3c(-c4ccc(-c5ccccc5)cc4)cccc3-c3ccc(-c4ccccc4)cc3)c1N2. The highest BCUT2D eigenvalue weighted by atomic mass is 32.2. The number of rotatable bonds is 7. The van der Waals surface area contributed by atoms with E-state index in [-0.39, 0.29) is 52.7 Å². The van der Waals surface area contributed by atoms with E-state index in [9.17, 15) is 5.48 Å². The van der Waals surface area contributed by atoms with Gasteiger partial charge in [-0.3, -0.25) is 0 Å². The second-order valence-corrected chi connectivity index (χ2v) is 23.8. The molecule has 3 nitrogen and oxygen atoms in total. The van der Waals surface area contributed by atoms with E-state index in [0.717, 1.165) is 142 Å². The highest BCUT2D eigenvalue weighted by Gasteiger charge is 2.41. The molecule has 5 heterocycles. The van der Waals surface area contributed by atoms with Crippen molar-refractivity contribution in [1.82, 2.24) is 4.57 Å². The van der Waals surface area contributed by atoms with Crippen LogP contribution in [0.3, 0.4) is 0 Å². The predicted octanol–water partition coefficient (Wildman–Crippen LogP) is 20.1. The molecule has 0 aliphatic carbocycles. The number of furan rings is 1. The maximum Gasteiger partial charge on any atom is 0.249 e. The summed E-state index contributed by atoms with van der Waals surface area (Å²) in [4.78, 5) is 1.98. The van der Waals surface area contributed by atoms with Crippen molar-refractivity contribution < 1.29 is 15.4 Å². The van der Waals surface area contributed by atoms with Crippen LogP contribution in [0.4, 0.5) is 11.4 Å². The van der Waals surface area contributed by atoms with Crippen LogP contribution in [0.5, 0.6) is 0 Å². The quantitative estimate of drug-likeness (QED) is 0.161. The van der Waals surface area contributed by atoms with Crippen molar-refractivity contribution >= 4 is 121 Å². The van der Waals surface area contributed by atoms with Crippen LogP contribution < -0.4 is 21.7 Å². The molecular formula is C78H47BN2OS2. The Kier molecular flexibility index (Phi) is 8.94. The van der Waals surface area contributed by atoms with Crippen LogP contribution in [-0.2, 0) is 0 Å². The Labute approximate surface area is 505 Å². The minimum absolute atomic E-state index is 0.0259. The Balaban J connectivity index is 0.977. The molecule has 6 heteroatoms. The van der Waals surface area contributed by atoms with Crippen molar-refractivity contribution in [2.45, 2.75) is 9.79 Å². The average molecular weight is 1110 g/mol. The monoisotopic (exact) mass is 1110 g/mol. The molecule has 390 valence electrons. The summed E-state index contributed by atoms with van der Waals surface area (Å²) in [7, 11) is 0. The van der Waals surface area contributed by atoms with E-state index < -0.39 is 24.2 Å². The zero-order chi connectivity index (χ0) is 61.9. The number of nitrogens with one attached hydrogen (secondary N) is 1. The van der Waals surface area contributed by atoms with Crippen LogP contribution in [-0.4, -0.2) is 11.3 Å². The Morgan fingerprint density at radius 1 is 0.417 bits per heavy atom. The predicted molar refractivity (Wildman–Crippen MR) is 359 cm³/mol. The number of thiophene rings is 1. The summed E-state index contributed by atoms with van der Waals surface area (Å²) in [6.07, 6.45) is 0. The molecule has 2 aliphatic heterocycles. The van der Waals surface area contributed by atoms with Gasteiger partial charge in [-0.2, -0.15) is 0 Å². The summed E-state index contributed by atoms with van der Waals surface area (Å²) in [6.45, 7) is -0.387. The lowest BCUT2D eigenvalue weighted by atomic mass is 9.34. The fourth-order valence-electron chi connectivity index (χ4n) is 13.4. The lowest BCUT2D eigenvalue weighted by molar-refractivity contribution is 0.669. The number of hydrogen-bond acceptors (Lipinski definition) is 4. The van der Waals surface area contributed by atoms with E-state index in [1.54, 1.807) is 27.7 Å². The molecule has 18 rings (SSSR count). The molecule has 0 fully saturated rings. The molecule has 0 amide bonds. The molecule has 2 aliphatic rings. The van der Waals surface area contributed by atoms with Gasteiger partial charge in [-0.05, 0) is 127 Å². The number of fused-ring (bicyclic) bond motifs is 14. The molecule has 3 aromatic heterocycles. The van der Waals surface area contributed by atoms with Crippen molar-refractivity contribution in [3.63, 3.8) is 0 Å². The van der Waals surface area contributed by atoms with Gasteiger partial charge < -0.3 is 14.3 Å². The largest absolute Gasteiger partial charge is 0.456 e. The molecule has 1 N–H and O–H groups in total. The first-order valence-corrected chi connectivity index (χ1v) is 29.7. The smallest absolute Gasteiger partial charge is 0.249 e. The van der Waals surface area contributed by atoms with E-state index in [0.29, 0.717) is 5.69 Å². The van der Waals surface area contributed by atoms with Crippen LogP contribution in [0.15, 0.2) is 293 Å². The highest BCUT2D eigenvalue weighted by molar-refractivity contribution is 8.00. The molecule has 0 saturated heterocycles. The second-order valence-electron chi connectivity index (χ2n) is 21.7. The van der Waals surface area contributed by atoms with Crippen LogP contribution in [0, 0.1) is 0 Å². The molecule has 0 radical (unpaired) electrons. The summed E-state index contributed by atoms with van der Waals surface area (Å²) < 4.78 is 84.5. The molecule has 0 saturated carbocycles. The van der Waals surface area contributed by atoms with Gasteiger partial charge in [0.05, 0.1) is 22.0 Å². The highest BCUT2D eigenvalue weighted by Crippen LogP contribution is 2.50. The van der Waals surface area contributed by atoms with E-state index in [2.05, 4.69) is 199 Å². The van der Waals surface area contributed by atoms with Gasteiger partial charge >= 0.3 is 0 Å². The first-order chi connectivity index (χ1) is 45.0. The van der Waals surface area contributed by atoms with Crippen LogP contribution in [0.1, 0.15) is 11.0 Å². The van der Waals surface area contributed by atoms with Crippen molar-refractivity contribution in [3.05, 3.63) is 279 Å². The second kappa shape index (κ2) is 18.7. The molecule has 0 bridgehead atoms. The van der Waals surface area contributed by atoms with Gasteiger partial charge in [0.15, 0.2) is 0 Å². The average Bonchev–Trinajstić information content (AvgIpc) is 1.33. The summed E-state index contributed by atoms with van der Waals surface area (Å²) in [6, 6.07) is 78.2. The third kappa shape index (κ3) is 7.27. The molecule has 0 unspecified atom stereocenters. The van der Waals surface area contributed by atoms with Crippen LogP contribution in [0.25, 0.3) is 136 Å². The molecule has 0 spiro atoms. The van der Waals surface area contributed by atoms with Gasteiger partial charge in [0.2, 0.25) is 6.71 Å². The van der Waals surface area contributed by atoms with Crippen molar-refractivity contribution in [2.24, 2.45) is 0 Å². The Morgan fingerprint density at radius 2 is 1.00 bits per heavy atom. The van der Waals surface area contributed by atoms with E-state index in [1.165, 1.54) is 4.70 Å². The van der Waals surface area contributed by atoms with Crippen molar-refractivity contribution in [1.29, 1.82) is 0 Å². The van der Waals surface area contributed by atoms with E-state index in [1.807, 2.05) is 36.4 Å². The summed E-state index contributed by atoms with van der Waals surface area (Å²) >= 11 is 3.42. The first kappa shape index (κ1) is 40.1. The van der Waals surface area contributed by atoms with Gasteiger partial charge in [0, 0.05) is 74.1 Å². The zero-order valence-electron chi connectivity index (χ0n) is 52.7. The van der Waals surface area contributed by atoms with Gasteiger partial charge in [0.25, 0.3) is 0 Å². The van der Waals surface area contributed by atoms with E-state index in [4.69, 9.17) is 9.90 Å². The fourth-order valence-corrected chi connectivity index (χ4v) is 16.0. The Morgan fingerprint density at radius 3 is 1.70 bits per heavy atom. The number of nitrogens with zero attached hydrogens (tertiary/aromatic N) is 1. The maximum absolute atomic E-state index is 9.61. The Hall–Kier alpha value is -10.1. The van der Waals surface area contributed by atoms with Gasteiger partial charge in [-0.15, -0.1) is 11.3 Å². The van der Waals surface area contributed by atoms with Crippen LogP contribution in [0.2, 0.25) is 0 Å². The maximum atomic E-state index is 9.61. The minimum atomic E-state index is -0.488. The molecule has 84 heavy (non-hydrogen) atoms. The third-order valence-corrected chi connectivity index (χ3v) is 19.5. The zero-order valence-corrected chi connectivity index (χ0v) is 46.3. The lowest BCUT2D eigenvalue weighted by Gasteiger charge is -2.36.